The van der Waals surface area contributed by atoms with E-state index < -0.39 is 0 Å². The van der Waals surface area contributed by atoms with Crippen LogP contribution in [0.25, 0.3) is 17.0 Å². The van der Waals surface area contributed by atoms with Gasteiger partial charge in [-0.15, -0.1) is 0 Å². The molecule has 152 valence electrons. The Morgan fingerprint density at radius 2 is 1.52 bits per heavy atom. The van der Waals surface area contributed by atoms with Gasteiger partial charge in [0.2, 0.25) is 0 Å². The van der Waals surface area contributed by atoms with E-state index in [0.29, 0.717) is 0 Å². The number of hydrogen-bond acceptors (Lipinski definition) is 4. The predicted octanol–water partition coefficient (Wildman–Crippen LogP) is 5.86. The van der Waals surface area contributed by atoms with E-state index in [-0.39, 0.29) is 13.0 Å². The van der Waals surface area contributed by atoms with Crippen LogP contribution in [0.15, 0.2) is 89.0 Å². The highest BCUT2D eigenvalue weighted by atomic mass is 16.3. The fourth-order valence-electron chi connectivity index (χ4n) is 5.20. The maximum Gasteiger partial charge on any atom is 0.353 e. The summed E-state index contributed by atoms with van der Waals surface area (Å²) in [5.74, 6) is 0. The zero-order valence-corrected chi connectivity index (χ0v) is 18.0. The number of hydrogen-bond donors (Lipinski definition) is 0. The first kappa shape index (κ1) is 18.2. The molecule has 0 saturated carbocycles. The third-order valence-electron chi connectivity index (χ3n) is 6.51. The molecule has 6 rings (SSSR count). The van der Waals surface area contributed by atoms with Crippen molar-refractivity contribution in [2.24, 2.45) is 0 Å². The largest absolute Gasteiger partial charge is 0.468 e. The average molecular weight is 405 g/mol. The van der Waals surface area contributed by atoms with Crippen molar-refractivity contribution in [3.05, 3.63) is 90.1 Å². The summed E-state index contributed by atoms with van der Waals surface area (Å²) in [4.78, 5) is 4.79. The summed E-state index contributed by atoms with van der Waals surface area (Å²) < 4.78 is 6.35. The molecule has 0 N–H and O–H groups in total. The lowest BCUT2D eigenvalue weighted by atomic mass is 9.58. The van der Waals surface area contributed by atoms with Gasteiger partial charge < -0.3 is 14.2 Å². The molecule has 4 nitrogen and oxygen atoms in total. The van der Waals surface area contributed by atoms with Gasteiger partial charge in [-0.2, -0.15) is 0 Å². The van der Waals surface area contributed by atoms with Crippen molar-refractivity contribution in [2.45, 2.75) is 26.8 Å². The molecule has 31 heavy (non-hydrogen) atoms. The Kier molecular flexibility index (Phi) is 3.94. The summed E-state index contributed by atoms with van der Waals surface area (Å²) in [5.41, 5.74) is 8.01. The smallest absolute Gasteiger partial charge is 0.353 e. The van der Waals surface area contributed by atoms with Crippen LogP contribution in [0.3, 0.4) is 0 Å². The van der Waals surface area contributed by atoms with Gasteiger partial charge in [0.15, 0.2) is 0 Å². The molecule has 0 unspecified atom stereocenters. The molecule has 2 aliphatic heterocycles. The summed E-state index contributed by atoms with van der Waals surface area (Å²) in [7, 11) is 0. The molecule has 1 atom stereocenters. The van der Waals surface area contributed by atoms with E-state index in [0.717, 1.165) is 11.2 Å². The molecule has 0 saturated heterocycles. The Labute approximate surface area is 183 Å². The van der Waals surface area contributed by atoms with E-state index in [1.807, 2.05) is 6.07 Å². The van der Waals surface area contributed by atoms with Crippen molar-refractivity contribution >= 4 is 46.6 Å². The van der Waals surface area contributed by atoms with Crippen molar-refractivity contribution in [1.82, 2.24) is 4.92 Å². The zero-order valence-electron chi connectivity index (χ0n) is 18.0. The van der Waals surface area contributed by atoms with E-state index in [1.54, 1.807) is 0 Å². The molecule has 0 fully saturated rings. The highest BCUT2D eigenvalue weighted by molar-refractivity contribution is 6.70. The normalized spacial score (nSPS) is 17.8. The minimum absolute atomic E-state index is 0.0821. The number of hydrazine groups is 1. The molecule has 3 aromatic carbocycles. The second kappa shape index (κ2) is 6.71. The minimum atomic E-state index is 0.0821. The number of nitrogens with zero attached hydrogens (tertiary/aromatic N) is 3. The number of para-hydroxylation sites is 4. The van der Waals surface area contributed by atoms with Crippen LogP contribution in [0, 0.1) is 0 Å². The molecule has 3 heterocycles. The Bertz CT molecular complexity index is 1310. The zero-order chi connectivity index (χ0) is 21.1. The van der Waals surface area contributed by atoms with Crippen molar-refractivity contribution in [3.63, 3.8) is 0 Å². The molecule has 0 spiro atoms. The summed E-state index contributed by atoms with van der Waals surface area (Å²) >= 11 is 0. The number of fused-ring (bicyclic) bond motifs is 4. The third-order valence-corrected chi connectivity index (χ3v) is 6.51. The first-order valence-corrected chi connectivity index (χ1v) is 10.9. The quantitative estimate of drug-likeness (QED) is 0.390. The molecule has 5 heteroatoms. The van der Waals surface area contributed by atoms with Crippen LogP contribution in [0.2, 0.25) is 6.82 Å². The number of furan rings is 1. The minimum Gasteiger partial charge on any atom is -0.468 e. The van der Waals surface area contributed by atoms with Crippen LogP contribution in [0.4, 0.5) is 17.1 Å². The first-order valence-electron chi connectivity index (χ1n) is 10.9. The van der Waals surface area contributed by atoms with Crippen LogP contribution in [-0.2, 0) is 0 Å². The summed E-state index contributed by atoms with van der Waals surface area (Å²) in [6.07, 6.45) is 2.39. The lowest BCUT2D eigenvalue weighted by molar-refractivity contribution is 0.440. The van der Waals surface area contributed by atoms with Crippen LogP contribution in [0.5, 0.6) is 0 Å². The fourth-order valence-corrected chi connectivity index (χ4v) is 5.20. The van der Waals surface area contributed by atoms with Gasteiger partial charge in [-0.3, -0.25) is 5.01 Å². The van der Waals surface area contributed by atoms with Crippen LogP contribution < -0.4 is 15.6 Å². The third kappa shape index (κ3) is 2.56. The van der Waals surface area contributed by atoms with E-state index in [4.69, 9.17) is 4.42 Å². The Morgan fingerprint density at radius 3 is 2.32 bits per heavy atom. The SMILES string of the molecule is CB1c2oc3ccccc3c2C=C(C)N1N1c2ccccc2N(c2ccccc2)[C@@H]1C. The van der Waals surface area contributed by atoms with Gasteiger partial charge in [0.25, 0.3) is 0 Å². The van der Waals surface area contributed by atoms with Crippen molar-refractivity contribution in [3.8, 4) is 0 Å². The van der Waals surface area contributed by atoms with Gasteiger partial charge in [-0.05, 0) is 50.3 Å². The molecule has 0 radical (unpaired) electrons. The number of allylic oxidation sites excluding steroid dienone is 1. The van der Waals surface area contributed by atoms with E-state index >= 15 is 0 Å². The maximum atomic E-state index is 6.35. The second-order valence-electron chi connectivity index (χ2n) is 8.35. The van der Waals surface area contributed by atoms with Gasteiger partial charge in [0, 0.05) is 22.3 Å². The van der Waals surface area contributed by atoms with E-state index in [9.17, 15) is 0 Å². The predicted molar refractivity (Wildman–Crippen MR) is 130 cm³/mol. The lowest BCUT2D eigenvalue weighted by Crippen LogP contribution is -2.59. The highest BCUT2D eigenvalue weighted by Gasteiger charge is 2.43. The summed E-state index contributed by atoms with van der Waals surface area (Å²) in [5, 5.41) is 3.60. The van der Waals surface area contributed by atoms with Gasteiger partial charge in [-0.1, -0.05) is 55.4 Å². The molecule has 0 aliphatic carbocycles. The monoisotopic (exact) mass is 405 g/mol. The van der Waals surface area contributed by atoms with Crippen molar-refractivity contribution in [2.75, 3.05) is 9.91 Å². The maximum absolute atomic E-state index is 6.35. The van der Waals surface area contributed by atoms with Crippen LogP contribution >= 0.6 is 0 Å². The molecule has 0 bridgehead atoms. The van der Waals surface area contributed by atoms with Gasteiger partial charge in [0.1, 0.15) is 17.4 Å². The molecule has 1 aromatic heterocycles. The number of benzene rings is 3. The molecular formula is C26H24BN3O. The van der Waals surface area contributed by atoms with E-state index in [1.165, 1.54) is 33.7 Å². The van der Waals surface area contributed by atoms with E-state index in [2.05, 4.69) is 114 Å². The van der Waals surface area contributed by atoms with Gasteiger partial charge >= 0.3 is 6.85 Å². The second-order valence-corrected chi connectivity index (χ2v) is 8.35. The Hall–Kier alpha value is -3.60. The fraction of sp³-hybridized carbons (Fsp3) is 0.154. The number of anilines is 3. The summed E-state index contributed by atoms with van der Waals surface area (Å²) in [6.45, 7) is 6.78. The summed E-state index contributed by atoms with van der Waals surface area (Å²) in [6, 6.07) is 27.6. The molecular weight excluding hydrogens is 381 g/mol. The van der Waals surface area contributed by atoms with Gasteiger partial charge in [0.05, 0.1) is 11.4 Å². The lowest BCUT2D eigenvalue weighted by Gasteiger charge is -2.44. The van der Waals surface area contributed by atoms with Gasteiger partial charge in [-0.25, -0.2) is 0 Å². The Balaban J connectivity index is 1.49. The first-order chi connectivity index (χ1) is 15.1. The Morgan fingerprint density at radius 1 is 0.839 bits per heavy atom. The molecule has 0 amide bonds. The van der Waals surface area contributed by atoms with Crippen LogP contribution in [0.1, 0.15) is 19.4 Å². The van der Waals surface area contributed by atoms with Crippen molar-refractivity contribution < 1.29 is 4.42 Å². The average Bonchev–Trinajstić information content (AvgIpc) is 3.30. The highest BCUT2D eigenvalue weighted by Crippen LogP contribution is 2.46. The topological polar surface area (TPSA) is 22.9 Å². The molecule has 2 aliphatic rings. The molecule has 4 aromatic rings. The van der Waals surface area contributed by atoms with Crippen LogP contribution in [-0.4, -0.2) is 17.9 Å². The van der Waals surface area contributed by atoms with Crippen molar-refractivity contribution in [1.29, 1.82) is 0 Å². The number of rotatable bonds is 2. The standard InChI is InChI=1S/C26H24BN3O/c1-18-17-22-21-13-7-10-16-25(21)31-26(22)27(3)30(18)29-19(2)28(20-11-5-4-6-12-20)23-14-8-9-15-24(23)29/h4-17,19H,1-3H3/t19-/m0/s1.